The second-order valence-corrected chi connectivity index (χ2v) is 5.83. The Morgan fingerprint density at radius 1 is 1.05 bits per heavy atom. The van der Waals surface area contributed by atoms with Crippen LogP contribution in [0.1, 0.15) is 28.7 Å². The molecular formula is C19H24N2. The molecule has 0 saturated heterocycles. The van der Waals surface area contributed by atoms with Crippen LogP contribution in [0.15, 0.2) is 42.5 Å². The van der Waals surface area contributed by atoms with Crippen molar-refractivity contribution in [1.82, 2.24) is 5.32 Å². The Hall–Kier alpha value is -1.80. The Morgan fingerprint density at radius 3 is 2.81 bits per heavy atom. The molecule has 2 N–H and O–H groups in total. The summed E-state index contributed by atoms with van der Waals surface area (Å²) in [7, 11) is 0. The molecule has 0 amide bonds. The van der Waals surface area contributed by atoms with Gasteiger partial charge in [0.2, 0.25) is 0 Å². The van der Waals surface area contributed by atoms with Gasteiger partial charge in [0.1, 0.15) is 0 Å². The van der Waals surface area contributed by atoms with Gasteiger partial charge in [0.05, 0.1) is 0 Å². The Labute approximate surface area is 127 Å². The predicted molar refractivity (Wildman–Crippen MR) is 89.8 cm³/mol. The van der Waals surface area contributed by atoms with Crippen molar-refractivity contribution in [3.8, 4) is 0 Å². The Bertz CT molecular complexity index is 604. The van der Waals surface area contributed by atoms with Crippen LogP contribution in [-0.4, -0.2) is 13.1 Å². The zero-order valence-electron chi connectivity index (χ0n) is 12.8. The quantitative estimate of drug-likeness (QED) is 0.816. The SMILES string of the molecule is Cc1ccccc1CCNCc1cccc2c1NCCC2. The van der Waals surface area contributed by atoms with E-state index in [9.17, 15) is 0 Å². The molecule has 3 rings (SSSR count). The fourth-order valence-electron chi connectivity index (χ4n) is 3.06. The highest BCUT2D eigenvalue weighted by molar-refractivity contribution is 5.59. The van der Waals surface area contributed by atoms with E-state index in [0.717, 1.165) is 26.1 Å². The van der Waals surface area contributed by atoms with Gasteiger partial charge in [-0.1, -0.05) is 42.5 Å². The van der Waals surface area contributed by atoms with Crippen LogP contribution in [0.2, 0.25) is 0 Å². The van der Waals surface area contributed by atoms with E-state index in [-0.39, 0.29) is 0 Å². The zero-order valence-corrected chi connectivity index (χ0v) is 12.8. The van der Waals surface area contributed by atoms with Crippen molar-refractivity contribution in [2.45, 2.75) is 32.7 Å². The highest BCUT2D eigenvalue weighted by Crippen LogP contribution is 2.25. The second kappa shape index (κ2) is 6.77. The lowest BCUT2D eigenvalue weighted by atomic mass is 9.99. The number of hydrogen-bond acceptors (Lipinski definition) is 2. The van der Waals surface area contributed by atoms with Gasteiger partial charge < -0.3 is 10.6 Å². The highest BCUT2D eigenvalue weighted by atomic mass is 14.9. The third-order valence-corrected chi connectivity index (χ3v) is 4.31. The van der Waals surface area contributed by atoms with E-state index >= 15 is 0 Å². The lowest BCUT2D eigenvalue weighted by molar-refractivity contribution is 0.683. The minimum absolute atomic E-state index is 0.946. The number of hydrogen-bond donors (Lipinski definition) is 2. The predicted octanol–water partition coefficient (Wildman–Crippen LogP) is 3.69. The van der Waals surface area contributed by atoms with Gasteiger partial charge in [0.15, 0.2) is 0 Å². The lowest BCUT2D eigenvalue weighted by Gasteiger charge is -2.21. The number of nitrogens with one attached hydrogen (secondary N) is 2. The van der Waals surface area contributed by atoms with Crippen LogP contribution < -0.4 is 10.6 Å². The molecule has 2 heteroatoms. The summed E-state index contributed by atoms with van der Waals surface area (Å²) < 4.78 is 0. The number of rotatable bonds is 5. The Morgan fingerprint density at radius 2 is 1.90 bits per heavy atom. The van der Waals surface area contributed by atoms with Gasteiger partial charge in [-0.25, -0.2) is 0 Å². The highest BCUT2D eigenvalue weighted by Gasteiger charge is 2.11. The molecule has 21 heavy (non-hydrogen) atoms. The van der Waals surface area contributed by atoms with Gasteiger partial charge in [0, 0.05) is 18.8 Å². The van der Waals surface area contributed by atoms with Gasteiger partial charge >= 0.3 is 0 Å². The summed E-state index contributed by atoms with van der Waals surface area (Å²) in [6.45, 7) is 5.26. The van der Waals surface area contributed by atoms with Crippen molar-refractivity contribution in [3.63, 3.8) is 0 Å². The molecule has 1 aliphatic rings. The number of aryl methyl sites for hydroxylation is 2. The summed E-state index contributed by atoms with van der Waals surface area (Å²) in [5.74, 6) is 0. The molecule has 0 atom stereocenters. The molecule has 2 nitrogen and oxygen atoms in total. The van der Waals surface area contributed by atoms with Gasteiger partial charge in [-0.2, -0.15) is 0 Å². The van der Waals surface area contributed by atoms with Crippen molar-refractivity contribution in [1.29, 1.82) is 0 Å². The van der Waals surface area contributed by atoms with E-state index in [1.54, 1.807) is 0 Å². The summed E-state index contributed by atoms with van der Waals surface area (Å²) >= 11 is 0. The molecule has 1 aliphatic heterocycles. The normalized spacial score (nSPS) is 13.6. The molecule has 0 bridgehead atoms. The first-order valence-electron chi connectivity index (χ1n) is 7.94. The van der Waals surface area contributed by atoms with Crippen LogP contribution in [0, 0.1) is 6.92 Å². The third kappa shape index (κ3) is 3.45. The van der Waals surface area contributed by atoms with Gasteiger partial charge in [0.25, 0.3) is 0 Å². The standard InChI is InChI=1S/C19H24N2/c1-15-6-2-3-7-16(15)11-13-20-14-18-9-4-8-17-10-5-12-21-19(17)18/h2-4,6-9,20-21H,5,10-14H2,1H3. The monoisotopic (exact) mass is 280 g/mol. The molecular weight excluding hydrogens is 256 g/mol. The summed E-state index contributed by atoms with van der Waals surface area (Å²) in [4.78, 5) is 0. The minimum atomic E-state index is 0.946. The fourth-order valence-corrected chi connectivity index (χ4v) is 3.06. The van der Waals surface area contributed by atoms with Crippen LogP contribution in [0.4, 0.5) is 5.69 Å². The maximum Gasteiger partial charge on any atom is 0.0418 e. The van der Waals surface area contributed by atoms with Gasteiger partial charge in [-0.15, -0.1) is 0 Å². The van der Waals surface area contributed by atoms with Crippen LogP contribution in [0.3, 0.4) is 0 Å². The van der Waals surface area contributed by atoms with E-state index < -0.39 is 0 Å². The summed E-state index contributed by atoms with van der Waals surface area (Å²) in [6.07, 6.45) is 3.55. The van der Waals surface area contributed by atoms with Crippen LogP contribution in [0.5, 0.6) is 0 Å². The van der Waals surface area contributed by atoms with E-state index in [0.29, 0.717) is 0 Å². The van der Waals surface area contributed by atoms with E-state index in [1.165, 1.54) is 40.8 Å². The molecule has 0 unspecified atom stereocenters. The summed E-state index contributed by atoms with van der Waals surface area (Å²) in [5.41, 5.74) is 7.07. The maximum absolute atomic E-state index is 3.59. The first-order valence-corrected chi connectivity index (χ1v) is 7.94. The Kier molecular flexibility index (Phi) is 4.56. The summed E-state index contributed by atoms with van der Waals surface area (Å²) in [6, 6.07) is 15.3. The zero-order chi connectivity index (χ0) is 14.5. The van der Waals surface area contributed by atoms with Crippen molar-refractivity contribution in [3.05, 3.63) is 64.7 Å². The molecule has 110 valence electrons. The first kappa shape index (κ1) is 14.2. The minimum Gasteiger partial charge on any atom is -0.385 e. The molecule has 0 aliphatic carbocycles. The van der Waals surface area contributed by atoms with Crippen LogP contribution >= 0.6 is 0 Å². The molecule has 1 heterocycles. The molecule has 0 saturated carbocycles. The Balaban J connectivity index is 1.55. The van der Waals surface area contributed by atoms with E-state index in [1.807, 2.05) is 0 Å². The smallest absolute Gasteiger partial charge is 0.0418 e. The van der Waals surface area contributed by atoms with Gasteiger partial charge in [-0.3, -0.25) is 0 Å². The van der Waals surface area contributed by atoms with Gasteiger partial charge in [-0.05, 0) is 55.0 Å². The average Bonchev–Trinajstić information content (AvgIpc) is 2.53. The number of fused-ring (bicyclic) bond motifs is 1. The molecule has 0 aromatic heterocycles. The van der Waals surface area contributed by atoms with Crippen molar-refractivity contribution in [2.24, 2.45) is 0 Å². The largest absolute Gasteiger partial charge is 0.385 e. The van der Waals surface area contributed by atoms with Crippen LogP contribution in [0.25, 0.3) is 0 Å². The average molecular weight is 280 g/mol. The lowest BCUT2D eigenvalue weighted by Crippen LogP contribution is -2.20. The van der Waals surface area contributed by atoms with Crippen molar-refractivity contribution < 1.29 is 0 Å². The number of anilines is 1. The number of benzene rings is 2. The van der Waals surface area contributed by atoms with Crippen molar-refractivity contribution >= 4 is 5.69 Å². The topological polar surface area (TPSA) is 24.1 Å². The first-order chi connectivity index (χ1) is 10.3. The second-order valence-electron chi connectivity index (χ2n) is 5.83. The number of para-hydroxylation sites is 1. The molecule has 0 radical (unpaired) electrons. The van der Waals surface area contributed by atoms with Crippen molar-refractivity contribution in [2.75, 3.05) is 18.4 Å². The maximum atomic E-state index is 3.59. The molecule has 0 spiro atoms. The van der Waals surface area contributed by atoms with E-state index in [4.69, 9.17) is 0 Å². The summed E-state index contributed by atoms with van der Waals surface area (Å²) in [5, 5.41) is 7.15. The molecule has 2 aromatic carbocycles. The third-order valence-electron chi connectivity index (χ3n) is 4.31. The van der Waals surface area contributed by atoms with Crippen LogP contribution in [-0.2, 0) is 19.4 Å². The van der Waals surface area contributed by atoms with E-state index in [2.05, 4.69) is 60.0 Å². The molecule has 2 aromatic rings. The molecule has 0 fully saturated rings. The fraction of sp³-hybridized carbons (Fsp3) is 0.368.